The lowest BCUT2D eigenvalue weighted by atomic mass is 10.2. The molecule has 0 spiro atoms. The molecule has 0 atom stereocenters. The summed E-state index contributed by atoms with van der Waals surface area (Å²) < 4.78 is 18.1. The van der Waals surface area contributed by atoms with Crippen LogP contribution in [0.3, 0.4) is 0 Å². The van der Waals surface area contributed by atoms with Gasteiger partial charge in [0.15, 0.2) is 5.65 Å². The predicted molar refractivity (Wildman–Crippen MR) is 76.5 cm³/mol. The standard InChI is InChI=1S/C13H11FN4O2S/c1-2-20-10(19)6-21-13-16-12-11(17-18-13)8-5-7(14)3-4-9(8)15-12/h3-5H,2,6H2,1H3,(H,15,16,18). The maximum atomic E-state index is 13.3. The van der Waals surface area contributed by atoms with Gasteiger partial charge in [0.1, 0.15) is 11.3 Å². The number of carbonyl (C=O) groups excluding carboxylic acids is 1. The van der Waals surface area contributed by atoms with Gasteiger partial charge in [-0.1, -0.05) is 11.8 Å². The third-order valence-corrected chi connectivity index (χ3v) is 3.59. The van der Waals surface area contributed by atoms with Gasteiger partial charge in [-0.05, 0) is 25.1 Å². The van der Waals surface area contributed by atoms with E-state index in [-0.39, 0.29) is 17.5 Å². The van der Waals surface area contributed by atoms with Crippen LogP contribution in [0, 0.1) is 5.82 Å². The second-order valence-electron chi connectivity index (χ2n) is 4.20. The molecule has 0 aliphatic rings. The topological polar surface area (TPSA) is 80.8 Å². The zero-order chi connectivity index (χ0) is 14.8. The average Bonchev–Trinajstić information content (AvgIpc) is 2.82. The van der Waals surface area contributed by atoms with Crippen LogP contribution in [0.5, 0.6) is 0 Å². The number of aromatic nitrogens is 4. The molecule has 21 heavy (non-hydrogen) atoms. The smallest absolute Gasteiger partial charge is 0.316 e. The zero-order valence-corrected chi connectivity index (χ0v) is 11.9. The van der Waals surface area contributed by atoms with Crippen LogP contribution in [0.1, 0.15) is 6.92 Å². The Hall–Kier alpha value is -2.22. The molecule has 0 bridgehead atoms. The number of ether oxygens (including phenoxy) is 1. The highest BCUT2D eigenvalue weighted by Gasteiger charge is 2.11. The van der Waals surface area contributed by atoms with Crippen LogP contribution in [-0.4, -0.2) is 38.5 Å². The second-order valence-corrected chi connectivity index (χ2v) is 5.14. The van der Waals surface area contributed by atoms with E-state index in [1.54, 1.807) is 13.0 Å². The molecule has 0 aliphatic carbocycles. The molecule has 0 saturated carbocycles. The molecule has 2 heterocycles. The Morgan fingerprint density at radius 3 is 3.10 bits per heavy atom. The number of benzene rings is 1. The molecule has 0 saturated heterocycles. The summed E-state index contributed by atoms with van der Waals surface area (Å²) in [4.78, 5) is 18.6. The van der Waals surface area contributed by atoms with Gasteiger partial charge in [-0.15, -0.1) is 10.2 Å². The van der Waals surface area contributed by atoms with Crippen molar-refractivity contribution < 1.29 is 13.9 Å². The van der Waals surface area contributed by atoms with Gasteiger partial charge in [-0.3, -0.25) is 4.79 Å². The van der Waals surface area contributed by atoms with Crippen LogP contribution in [-0.2, 0) is 9.53 Å². The fraction of sp³-hybridized carbons (Fsp3) is 0.231. The molecule has 1 N–H and O–H groups in total. The van der Waals surface area contributed by atoms with Crippen LogP contribution >= 0.6 is 11.8 Å². The molecule has 8 heteroatoms. The van der Waals surface area contributed by atoms with Gasteiger partial charge in [0.05, 0.1) is 12.4 Å². The Balaban J connectivity index is 1.90. The summed E-state index contributed by atoms with van der Waals surface area (Å²) in [6.07, 6.45) is 0. The first-order valence-corrected chi connectivity index (χ1v) is 7.26. The summed E-state index contributed by atoms with van der Waals surface area (Å²) in [5.41, 5.74) is 1.75. The first kappa shape index (κ1) is 13.7. The molecule has 0 radical (unpaired) electrons. The Labute approximate surface area is 123 Å². The molecule has 0 fully saturated rings. The van der Waals surface area contributed by atoms with E-state index in [0.717, 1.165) is 17.3 Å². The maximum Gasteiger partial charge on any atom is 0.316 e. The van der Waals surface area contributed by atoms with Crippen molar-refractivity contribution in [1.29, 1.82) is 0 Å². The van der Waals surface area contributed by atoms with Crippen LogP contribution in [0.15, 0.2) is 23.4 Å². The summed E-state index contributed by atoms with van der Waals surface area (Å²) in [7, 11) is 0. The third-order valence-electron chi connectivity index (χ3n) is 2.78. The largest absolute Gasteiger partial charge is 0.465 e. The van der Waals surface area contributed by atoms with Gasteiger partial charge in [0.25, 0.3) is 0 Å². The number of hydrogen-bond acceptors (Lipinski definition) is 6. The first-order valence-electron chi connectivity index (χ1n) is 6.27. The number of esters is 1. The lowest BCUT2D eigenvalue weighted by Gasteiger charge is -2.00. The Morgan fingerprint density at radius 1 is 1.43 bits per heavy atom. The fourth-order valence-electron chi connectivity index (χ4n) is 1.92. The lowest BCUT2D eigenvalue weighted by molar-refractivity contribution is -0.139. The van der Waals surface area contributed by atoms with E-state index in [1.165, 1.54) is 12.1 Å². The number of fused-ring (bicyclic) bond motifs is 3. The van der Waals surface area contributed by atoms with E-state index in [4.69, 9.17) is 4.74 Å². The number of nitrogens with zero attached hydrogens (tertiary/aromatic N) is 3. The summed E-state index contributed by atoms with van der Waals surface area (Å²) >= 11 is 1.14. The van der Waals surface area contributed by atoms with Crippen molar-refractivity contribution in [2.24, 2.45) is 0 Å². The van der Waals surface area contributed by atoms with Crippen molar-refractivity contribution >= 4 is 39.8 Å². The number of carbonyl (C=O) groups is 1. The van der Waals surface area contributed by atoms with Crippen molar-refractivity contribution in [1.82, 2.24) is 20.2 Å². The summed E-state index contributed by atoms with van der Waals surface area (Å²) in [5, 5.41) is 8.99. The average molecular weight is 306 g/mol. The molecule has 0 amide bonds. The molecule has 6 nitrogen and oxygen atoms in total. The SMILES string of the molecule is CCOC(=O)CSc1nnc2c(n1)[nH]c1ccc(F)cc12. The minimum atomic E-state index is -0.342. The fourth-order valence-corrected chi connectivity index (χ4v) is 2.50. The van der Waals surface area contributed by atoms with Gasteiger partial charge in [0.2, 0.25) is 5.16 Å². The molecule has 3 aromatic rings. The number of H-pyrrole nitrogens is 1. The highest BCUT2D eigenvalue weighted by Crippen LogP contribution is 2.24. The van der Waals surface area contributed by atoms with E-state index in [0.29, 0.717) is 28.3 Å². The van der Waals surface area contributed by atoms with Crippen LogP contribution < -0.4 is 0 Å². The molecule has 108 valence electrons. The van der Waals surface area contributed by atoms with Gasteiger partial charge in [-0.2, -0.15) is 0 Å². The normalized spacial score (nSPS) is 11.1. The van der Waals surface area contributed by atoms with E-state index < -0.39 is 0 Å². The van der Waals surface area contributed by atoms with Crippen molar-refractivity contribution in [3.63, 3.8) is 0 Å². The molecular formula is C13H11FN4O2S. The van der Waals surface area contributed by atoms with Gasteiger partial charge in [-0.25, -0.2) is 9.37 Å². The van der Waals surface area contributed by atoms with Crippen molar-refractivity contribution in [2.45, 2.75) is 12.1 Å². The number of aromatic amines is 1. The highest BCUT2D eigenvalue weighted by molar-refractivity contribution is 7.99. The minimum absolute atomic E-state index is 0.121. The second kappa shape index (κ2) is 5.65. The number of thioether (sulfide) groups is 1. The van der Waals surface area contributed by atoms with Crippen LogP contribution in [0.2, 0.25) is 0 Å². The molecular weight excluding hydrogens is 295 g/mol. The van der Waals surface area contributed by atoms with E-state index in [2.05, 4.69) is 20.2 Å². The van der Waals surface area contributed by atoms with E-state index in [1.807, 2.05) is 0 Å². The van der Waals surface area contributed by atoms with Crippen LogP contribution in [0.25, 0.3) is 22.1 Å². The van der Waals surface area contributed by atoms with Gasteiger partial charge < -0.3 is 9.72 Å². The molecule has 3 rings (SSSR count). The number of rotatable bonds is 4. The Bertz CT molecular complexity index is 820. The Kier molecular flexibility index (Phi) is 3.70. The van der Waals surface area contributed by atoms with Crippen molar-refractivity contribution in [3.05, 3.63) is 24.0 Å². The molecule has 2 aromatic heterocycles. The van der Waals surface area contributed by atoms with E-state index >= 15 is 0 Å². The van der Waals surface area contributed by atoms with Crippen molar-refractivity contribution in [2.75, 3.05) is 12.4 Å². The minimum Gasteiger partial charge on any atom is -0.465 e. The van der Waals surface area contributed by atoms with Gasteiger partial charge in [0, 0.05) is 10.9 Å². The highest BCUT2D eigenvalue weighted by atomic mass is 32.2. The molecule has 1 aromatic carbocycles. The lowest BCUT2D eigenvalue weighted by Crippen LogP contribution is -2.07. The quantitative estimate of drug-likeness (QED) is 0.588. The maximum absolute atomic E-state index is 13.3. The van der Waals surface area contributed by atoms with Crippen molar-refractivity contribution in [3.8, 4) is 0 Å². The number of nitrogens with one attached hydrogen (secondary N) is 1. The van der Waals surface area contributed by atoms with Gasteiger partial charge >= 0.3 is 5.97 Å². The first-order chi connectivity index (χ1) is 10.2. The monoisotopic (exact) mass is 306 g/mol. The third kappa shape index (κ3) is 2.80. The number of halogens is 1. The molecule has 0 aliphatic heterocycles. The Morgan fingerprint density at radius 2 is 2.29 bits per heavy atom. The number of hydrogen-bond donors (Lipinski definition) is 1. The summed E-state index contributed by atoms with van der Waals surface area (Å²) in [6.45, 7) is 2.08. The van der Waals surface area contributed by atoms with Crippen LogP contribution in [0.4, 0.5) is 4.39 Å². The summed E-state index contributed by atoms with van der Waals surface area (Å²) in [6, 6.07) is 4.37. The summed E-state index contributed by atoms with van der Waals surface area (Å²) in [5.74, 6) is -0.550. The zero-order valence-electron chi connectivity index (χ0n) is 11.1. The predicted octanol–water partition coefficient (Wildman–Crippen LogP) is 2.30. The molecule has 0 unspecified atom stereocenters. The van der Waals surface area contributed by atoms with E-state index in [9.17, 15) is 9.18 Å².